The van der Waals surface area contributed by atoms with E-state index >= 15 is 0 Å². The highest BCUT2D eigenvalue weighted by atomic mass is 79.9. The van der Waals surface area contributed by atoms with Gasteiger partial charge in [-0.25, -0.2) is 4.79 Å². The van der Waals surface area contributed by atoms with Crippen LogP contribution in [0, 0.1) is 0 Å². The van der Waals surface area contributed by atoms with Gasteiger partial charge in [-0.05, 0) is 36.4 Å². The van der Waals surface area contributed by atoms with Crippen molar-refractivity contribution in [1.29, 1.82) is 0 Å². The predicted molar refractivity (Wildman–Crippen MR) is 77.6 cm³/mol. The van der Waals surface area contributed by atoms with Crippen LogP contribution < -0.4 is 16.4 Å². The second-order valence-corrected chi connectivity index (χ2v) is 4.63. The fourth-order valence-electron chi connectivity index (χ4n) is 1.48. The summed E-state index contributed by atoms with van der Waals surface area (Å²) in [7, 11) is 0. The number of carbonyl (C=O) groups excluding carboxylic acids is 1. The topological polar surface area (TPSA) is 67.1 Å². The summed E-state index contributed by atoms with van der Waals surface area (Å²) >= 11 is 3.34. The van der Waals surface area contributed by atoms with Gasteiger partial charge in [0.2, 0.25) is 0 Å². The second kappa shape index (κ2) is 5.55. The van der Waals surface area contributed by atoms with E-state index in [0.29, 0.717) is 17.1 Å². The van der Waals surface area contributed by atoms with Crippen LogP contribution in [0.25, 0.3) is 0 Å². The van der Waals surface area contributed by atoms with Gasteiger partial charge in [-0.2, -0.15) is 0 Å². The molecule has 0 unspecified atom stereocenters. The molecule has 0 bridgehead atoms. The molecule has 18 heavy (non-hydrogen) atoms. The summed E-state index contributed by atoms with van der Waals surface area (Å²) in [6.45, 7) is 0. The van der Waals surface area contributed by atoms with Gasteiger partial charge in [-0.15, -0.1) is 0 Å². The monoisotopic (exact) mass is 305 g/mol. The Bertz CT molecular complexity index is 522. The van der Waals surface area contributed by atoms with E-state index in [1.165, 1.54) is 0 Å². The molecule has 2 rings (SSSR count). The molecule has 5 heteroatoms. The number of nitrogens with two attached hydrogens (primary N) is 1. The standard InChI is InChI=1S/C13H12BrN3O/c14-9-3-1-5-11(7-9)16-13(18)17-12-6-2-4-10(15)8-12/h1-8H,15H2,(H2,16,17,18). The van der Waals surface area contributed by atoms with Gasteiger partial charge in [0.05, 0.1) is 0 Å². The van der Waals surface area contributed by atoms with Crippen molar-refractivity contribution in [3.8, 4) is 0 Å². The molecule has 2 amide bonds. The van der Waals surface area contributed by atoms with Gasteiger partial charge in [0.1, 0.15) is 0 Å². The third-order valence-electron chi connectivity index (χ3n) is 2.23. The van der Waals surface area contributed by atoms with E-state index in [9.17, 15) is 4.79 Å². The molecule has 0 saturated carbocycles. The molecule has 0 aliphatic rings. The van der Waals surface area contributed by atoms with Gasteiger partial charge in [0.25, 0.3) is 0 Å². The lowest BCUT2D eigenvalue weighted by atomic mass is 10.3. The quantitative estimate of drug-likeness (QED) is 0.741. The van der Waals surface area contributed by atoms with Gasteiger partial charge in [0, 0.05) is 21.5 Å². The number of amides is 2. The minimum Gasteiger partial charge on any atom is -0.399 e. The maximum absolute atomic E-state index is 11.7. The van der Waals surface area contributed by atoms with E-state index in [0.717, 1.165) is 4.47 Å². The van der Waals surface area contributed by atoms with Crippen LogP contribution in [-0.2, 0) is 0 Å². The molecule has 0 spiro atoms. The van der Waals surface area contributed by atoms with Crippen molar-refractivity contribution in [1.82, 2.24) is 0 Å². The Morgan fingerprint density at radius 1 is 1.00 bits per heavy atom. The summed E-state index contributed by atoms with van der Waals surface area (Å²) in [6.07, 6.45) is 0. The summed E-state index contributed by atoms with van der Waals surface area (Å²) in [6, 6.07) is 14.1. The zero-order valence-corrected chi connectivity index (χ0v) is 11.1. The van der Waals surface area contributed by atoms with Crippen LogP contribution in [0.15, 0.2) is 53.0 Å². The number of hydrogen-bond donors (Lipinski definition) is 3. The number of anilines is 3. The van der Waals surface area contributed by atoms with Crippen molar-refractivity contribution in [2.75, 3.05) is 16.4 Å². The number of urea groups is 1. The number of halogens is 1. The Labute approximate surface area is 113 Å². The first-order valence-corrected chi connectivity index (χ1v) is 6.12. The molecule has 4 N–H and O–H groups in total. The number of nitrogens with one attached hydrogen (secondary N) is 2. The SMILES string of the molecule is Nc1cccc(NC(=O)Nc2cccc(Br)c2)c1. The Hall–Kier alpha value is -2.01. The molecule has 2 aromatic rings. The van der Waals surface area contributed by atoms with Gasteiger partial charge in [0.15, 0.2) is 0 Å². The minimum absolute atomic E-state index is 0.307. The molecule has 0 radical (unpaired) electrons. The van der Waals surface area contributed by atoms with Crippen molar-refractivity contribution < 1.29 is 4.79 Å². The average molecular weight is 306 g/mol. The highest BCUT2D eigenvalue weighted by Gasteiger charge is 2.02. The average Bonchev–Trinajstić information content (AvgIpc) is 2.28. The smallest absolute Gasteiger partial charge is 0.323 e. The summed E-state index contributed by atoms with van der Waals surface area (Å²) in [5.74, 6) is 0. The van der Waals surface area contributed by atoms with Crippen LogP contribution in [0.5, 0.6) is 0 Å². The van der Waals surface area contributed by atoms with Crippen molar-refractivity contribution >= 4 is 39.0 Å². The lowest BCUT2D eigenvalue weighted by Gasteiger charge is -2.08. The summed E-state index contributed by atoms with van der Waals surface area (Å²) in [4.78, 5) is 11.7. The molecular weight excluding hydrogens is 294 g/mol. The van der Waals surface area contributed by atoms with Crippen molar-refractivity contribution in [2.24, 2.45) is 0 Å². The Morgan fingerprint density at radius 3 is 2.22 bits per heavy atom. The number of rotatable bonds is 2. The molecule has 92 valence electrons. The fraction of sp³-hybridized carbons (Fsp3) is 0. The van der Waals surface area contributed by atoms with Crippen LogP contribution >= 0.6 is 15.9 Å². The highest BCUT2D eigenvalue weighted by Crippen LogP contribution is 2.16. The summed E-state index contributed by atoms with van der Waals surface area (Å²) in [5, 5.41) is 5.44. The van der Waals surface area contributed by atoms with Crippen LogP contribution in [0.4, 0.5) is 21.9 Å². The third kappa shape index (κ3) is 3.49. The highest BCUT2D eigenvalue weighted by molar-refractivity contribution is 9.10. The molecule has 0 fully saturated rings. The second-order valence-electron chi connectivity index (χ2n) is 3.71. The molecule has 0 aromatic heterocycles. The Morgan fingerprint density at radius 2 is 1.61 bits per heavy atom. The Kier molecular flexibility index (Phi) is 3.84. The van der Waals surface area contributed by atoms with Crippen molar-refractivity contribution in [3.63, 3.8) is 0 Å². The first-order valence-electron chi connectivity index (χ1n) is 5.32. The van der Waals surface area contributed by atoms with Crippen molar-refractivity contribution in [2.45, 2.75) is 0 Å². The molecule has 0 heterocycles. The predicted octanol–water partition coefficient (Wildman–Crippen LogP) is 3.68. The molecule has 2 aromatic carbocycles. The molecule has 0 aliphatic carbocycles. The van der Waals surface area contributed by atoms with E-state index in [4.69, 9.17) is 5.73 Å². The molecule has 0 saturated heterocycles. The van der Waals surface area contributed by atoms with Crippen LogP contribution in [0.1, 0.15) is 0 Å². The van der Waals surface area contributed by atoms with E-state index in [2.05, 4.69) is 26.6 Å². The first kappa shape index (κ1) is 12.4. The van der Waals surface area contributed by atoms with Gasteiger partial charge < -0.3 is 16.4 Å². The van der Waals surface area contributed by atoms with E-state index in [1.54, 1.807) is 24.3 Å². The van der Waals surface area contributed by atoms with E-state index in [-0.39, 0.29) is 6.03 Å². The first-order chi connectivity index (χ1) is 8.63. The number of hydrogen-bond acceptors (Lipinski definition) is 2. The maximum Gasteiger partial charge on any atom is 0.323 e. The molecule has 0 aliphatic heterocycles. The number of carbonyl (C=O) groups is 1. The summed E-state index contributed by atoms with van der Waals surface area (Å²) < 4.78 is 0.907. The van der Waals surface area contributed by atoms with Crippen LogP contribution in [0.3, 0.4) is 0 Å². The zero-order valence-electron chi connectivity index (χ0n) is 9.48. The molecule has 0 atom stereocenters. The third-order valence-corrected chi connectivity index (χ3v) is 2.72. The van der Waals surface area contributed by atoms with Gasteiger partial charge >= 0.3 is 6.03 Å². The lowest BCUT2D eigenvalue weighted by molar-refractivity contribution is 0.262. The van der Waals surface area contributed by atoms with E-state index in [1.807, 2.05) is 24.3 Å². The van der Waals surface area contributed by atoms with Crippen LogP contribution in [-0.4, -0.2) is 6.03 Å². The number of nitrogen functional groups attached to an aromatic ring is 1. The minimum atomic E-state index is -0.307. The van der Waals surface area contributed by atoms with Crippen LogP contribution in [0.2, 0.25) is 0 Å². The largest absolute Gasteiger partial charge is 0.399 e. The van der Waals surface area contributed by atoms with E-state index < -0.39 is 0 Å². The molecular formula is C13H12BrN3O. The fourth-order valence-corrected chi connectivity index (χ4v) is 1.88. The normalized spacial score (nSPS) is 9.83. The summed E-state index contributed by atoms with van der Waals surface area (Å²) in [5.41, 5.74) is 7.60. The van der Waals surface area contributed by atoms with Gasteiger partial charge in [-0.1, -0.05) is 28.1 Å². The zero-order chi connectivity index (χ0) is 13.0. The lowest BCUT2D eigenvalue weighted by Crippen LogP contribution is -2.19. The van der Waals surface area contributed by atoms with Crippen molar-refractivity contribution in [3.05, 3.63) is 53.0 Å². The van der Waals surface area contributed by atoms with Gasteiger partial charge in [-0.3, -0.25) is 0 Å². The molecule has 4 nitrogen and oxygen atoms in total. The maximum atomic E-state index is 11.7. The Balaban J connectivity index is 2.01. The number of benzene rings is 2.